The average Bonchev–Trinajstić information content (AvgIpc) is 2.49. The van der Waals surface area contributed by atoms with Gasteiger partial charge in [-0.3, -0.25) is 4.90 Å². The first-order valence-electron chi connectivity index (χ1n) is 7.60. The van der Waals surface area contributed by atoms with Crippen molar-refractivity contribution in [3.63, 3.8) is 0 Å². The Morgan fingerprint density at radius 2 is 1.82 bits per heavy atom. The molecular formula is C15H31NO. The Labute approximate surface area is 107 Å². The molecule has 1 fully saturated rings. The molecule has 2 nitrogen and oxygen atoms in total. The van der Waals surface area contributed by atoms with E-state index in [4.69, 9.17) is 0 Å². The van der Waals surface area contributed by atoms with Crippen LogP contribution in [0.3, 0.4) is 0 Å². The molecular weight excluding hydrogens is 210 g/mol. The van der Waals surface area contributed by atoms with Crippen molar-refractivity contribution in [3.8, 4) is 0 Å². The predicted octanol–water partition coefficient (Wildman–Crippen LogP) is 3.58. The molecule has 0 spiro atoms. The van der Waals surface area contributed by atoms with E-state index in [0.29, 0.717) is 12.1 Å². The molecule has 102 valence electrons. The second kappa shape index (κ2) is 8.10. The lowest BCUT2D eigenvalue weighted by molar-refractivity contribution is 0.0262. The summed E-state index contributed by atoms with van der Waals surface area (Å²) in [4.78, 5) is 2.55. The molecule has 1 rings (SSSR count). The molecule has 1 saturated carbocycles. The largest absolute Gasteiger partial charge is 0.391 e. The average molecular weight is 241 g/mol. The first kappa shape index (κ1) is 15.0. The highest BCUT2D eigenvalue weighted by molar-refractivity contribution is 4.83. The SMILES string of the molecule is CCCCCN(C(C)C)C1CCCCCC1O. The highest BCUT2D eigenvalue weighted by Gasteiger charge is 2.28. The second-order valence-electron chi connectivity index (χ2n) is 5.81. The fourth-order valence-electron chi connectivity index (χ4n) is 3.01. The minimum absolute atomic E-state index is 0.0958. The van der Waals surface area contributed by atoms with Crippen molar-refractivity contribution in [3.05, 3.63) is 0 Å². The van der Waals surface area contributed by atoms with Crippen LogP contribution in [0.2, 0.25) is 0 Å². The molecule has 1 aliphatic carbocycles. The number of aliphatic hydroxyl groups excluding tert-OH is 1. The fraction of sp³-hybridized carbons (Fsp3) is 1.00. The lowest BCUT2D eigenvalue weighted by atomic mass is 10.0. The smallest absolute Gasteiger partial charge is 0.0695 e. The summed E-state index contributed by atoms with van der Waals surface area (Å²) < 4.78 is 0. The van der Waals surface area contributed by atoms with Crippen LogP contribution in [0.1, 0.15) is 72.1 Å². The molecule has 0 aromatic carbocycles. The van der Waals surface area contributed by atoms with Gasteiger partial charge in [-0.2, -0.15) is 0 Å². The number of nitrogens with zero attached hydrogens (tertiary/aromatic N) is 1. The topological polar surface area (TPSA) is 23.5 Å². The summed E-state index contributed by atoms with van der Waals surface area (Å²) in [5.41, 5.74) is 0. The zero-order chi connectivity index (χ0) is 12.7. The molecule has 17 heavy (non-hydrogen) atoms. The van der Waals surface area contributed by atoms with Crippen LogP contribution in [0.5, 0.6) is 0 Å². The van der Waals surface area contributed by atoms with Gasteiger partial charge in [0.05, 0.1) is 6.10 Å². The van der Waals surface area contributed by atoms with Crippen molar-refractivity contribution in [1.82, 2.24) is 4.90 Å². The summed E-state index contributed by atoms with van der Waals surface area (Å²) in [5.74, 6) is 0. The minimum atomic E-state index is -0.0958. The number of aliphatic hydroxyl groups is 1. The lowest BCUT2D eigenvalue weighted by Crippen LogP contribution is -2.47. The summed E-state index contributed by atoms with van der Waals surface area (Å²) in [6, 6.07) is 0.971. The highest BCUT2D eigenvalue weighted by atomic mass is 16.3. The Hall–Kier alpha value is -0.0800. The molecule has 1 N–H and O–H groups in total. The normalized spacial score (nSPS) is 26.5. The molecule has 2 atom stereocenters. The van der Waals surface area contributed by atoms with Crippen molar-refractivity contribution in [2.75, 3.05) is 6.54 Å². The third kappa shape index (κ3) is 4.97. The summed E-state index contributed by atoms with van der Waals surface area (Å²) in [5, 5.41) is 10.3. The maximum atomic E-state index is 10.3. The molecule has 0 saturated heterocycles. The van der Waals surface area contributed by atoms with Crippen molar-refractivity contribution in [2.24, 2.45) is 0 Å². The first-order chi connectivity index (χ1) is 8.16. The van der Waals surface area contributed by atoms with Crippen molar-refractivity contribution in [2.45, 2.75) is 90.3 Å². The highest BCUT2D eigenvalue weighted by Crippen LogP contribution is 2.24. The zero-order valence-corrected chi connectivity index (χ0v) is 12.0. The number of rotatable bonds is 6. The van der Waals surface area contributed by atoms with Crippen LogP contribution in [0.4, 0.5) is 0 Å². The van der Waals surface area contributed by atoms with E-state index in [1.165, 1.54) is 44.9 Å². The molecule has 0 amide bonds. The molecule has 0 bridgehead atoms. The van der Waals surface area contributed by atoms with Crippen LogP contribution in [0.25, 0.3) is 0 Å². The summed E-state index contributed by atoms with van der Waals surface area (Å²) in [6.45, 7) is 7.94. The molecule has 0 heterocycles. The van der Waals surface area contributed by atoms with Gasteiger partial charge in [0.2, 0.25) is 0 Å². The third-order valence-corrected chi connectivity index (χ3v) is 4.05. The molecule has 0 aromatic rings. The molecule has 1 aliphatic rings. The van der Waals surface area contributed by atoms with Crippen LogP contribution in [-0.2, 0) is 0 Å². The van der Waals surface area contributed by atoms with Crippen molar-refractivity contribution < 1.29 is 5.11 Å². The van der Waals surface area contributed by atoms with E-state index >= 15 is 0 Å². The van der Waals surface area contributed by atoms with Gasteiger partial charge in [0.25, 0.3) is 0 Å². The Balaban J connectivity index is 2.53. The number of hydrogen-bond acceptors (Lipinski definition) is 2. The Kier molecular flexibility index (Phi) is 7.14. The van der Waals surface area contributed by atoms with Gasteiger partial charge < -0.3 is 5.11 Å². The third-order valence-electron chi connectivity index (χ3n) is 4.05. The fourth-order valence-corrected chi connectivity index (χ4v) is 3.01. The van der Waals surface area contributed by atoms with Gasteiger partial charge in [0, 0.05) is 12.1 Å². The molecule has 2 heteroatoms. The van der Waals surface area contributed by atoms with Crippen LogP contribution in [0.15, 0.2) is 0 Å². The van der Waals surface area contributed by atoms with Crippen molar-refractivity contribution >= 4 is 0 Å². The van der Waals surface area contributed by atoms with Crippen LogP contribution >= 0.6 is 0 Å². The van der Waals surface area contributed by atoms with E-state index in [-0.39, 0.29) is 6.10 Å². The van der Waals surface area contributed by atoms with Crippen LogP contribution in [0, 0.1) is 0 Å². The molecule has 0 radical (unpaired) electrons. The van der Waals surface area contributed by atoms with Crippen LogP contribution in [-0.4, -0.2) is 34.7 Å². The monoisotopic (exact) mass is 241 g/mol. The summed E-state index contributed by atoms with van der Waals surface area (Å²) in [6.07, 6.45) is 9.75. The van der Waals surface area contributed by atoms with Gasteiger partial charge in [0.15, 0.2) is 0 Å². The zero-order valence-electron chi connectivity index (χ0n) is 12.0. The van der Waals surface area contributed by atoms with E-state index in [9.17, 15) is 5.11 Å². The molecule has 2 unspecified atom stereocenters. The van der Waals surface area contributed by atoms with E-state index < -0.39 is 0 Å². The van der Waals surface area contributed by atoms with Gasteiger partial charge >= 0.3 is 0 Å². The molecule has 0 aromatic heterocycles. The molecule has 0 aliphatic heterocycles. The standard InChI is InChI=1S/C15H31NO/c1-4-5-9-12-16(13(2)3)14-10-7-6-8-11-15(14)17/h13-15,17H,4-12H2,1-3H3. The predicted molar refractivity (Wildman–Crippen MR) is 74.2 cm³/mol. The van der Waals surface area contributed by atoms with Gasteiger partial charge in [-0.15, -0.1) is 0 Å². The van der Waals surface area contributed by atoms with Gasteiger partial charge in [0.1, 0.15) is 0 Å². The minimum Gasteiger partial charge on any atom is -0.391 e. The quantitative estimate of drug-likeness (QED) is 0.567. The number of hydrogen-bond donors (Lipinski definition) is 1. The number of unbranched alkanes of at least 4 members (excludes halogenated alkanes) is 2. The van der Waals surface area contributed by atoms with Crippen molar-refractivity contribution in [1.29, 1.82) is 0 Å². The Morgan fingerprint density at radius 3 is 2.47 bits per heavy atom. The van der Waals surface area contributed by atoms with Gasteiger partial charge in [-0.05, 0) is 39.7 Å². The van der Waals surface area contributed by atoms with Gasteiger partial charge in [-0.1, -0.05) is 39.0 Å². The van der Waals surface area contributed by atoms with E-state index in [1.807, 2.05) is 0 Å². The van der Waals surface area contributed by atoms with Crippen LogP contribution < -0.4 is 0 Å². The van der Waals surface area contributed by atoms with Gasteiger partial charge in [-0.25, -0.2) is 0 Å². The maximum absolute atomic E-state index is 10.3. The Morgan fingerprint density at radius 1 is 1.12 bits per heavy atom. The van der Waals surface area contributed by atoms with E-state index in [2.05, 4.69) is 25.7 Å². The first-order valence-corrected chi connectivity index (χ1v) is 7.60. The maximum Gasteiger partial charge on any atom is 0.0695 e. The summed E-state index contributed by atoms with van der Waals surface area (Å²) >= 11 is 0. The Bertz CT molecular complexity index is 193. The summed E-state index contributed by atoms with van der Waals surface area (Å²) in [7, 11) is 0. The lowest BCUT2D eigenvalue weighted by Gasteiger charge is -2.37. The van der Waals surface area contributed by atoms with E-state index in [0.717, 1.165) is 13.0 Å². The second-order valence-corrected chi connectivity index (χ2v) is 5.81. The van der Waals surface area contributed by atoms with E-state index in [1.54, 1.807) is 0 Å².